The molecule has 1 atom stereocenters. The summed E-state index contributed by atoms with van der Waals surface area (Å²) in [6.45, 7) is 4.23. The van der Waals surface area contributed by atoms with Gasteiger partial charge in [-0.2, -0.15) is 5.10 Å². The van der Waals surface area contributed by atoms with Crippen molar-refractivity contribution in [3.63, 3.8) is 0 Å². The van der Waals surface area contributed by atoms with Crippen LogP contribution in [0.4, 0.5) is 0 Å². The Hall–Kier alpha value is -0.720. The predicted molar refractivity (Wildman–Crippen MR) is 87.8 cm³/mol. The molecule has 1 aromatic carbocycles. The van der Waals surface area contributed by atoms with Crippen LogP contribution in [0.3, 0.4) is 0 Å². The van der Waals surface area contributed by atoms with Crippen LogP contribution in [0.15, 0.2) is 33.5 Å². The molecule has 1 heterocycles. The number of hydrogen-bond acceptors (Lipinski definition) is 3. The van der Waals surface area contributed by atoms with Gasteiger partial charge in [0.05, 0.1) is 0 Å². The summed E-state index contributed by atoms with van der Waals surface area (Å²) in [6.07, 6.45) is 2.42. The Kier molecular flexibility index (Phi) is 5.35. The number of nitrogens with one attached hydrogen (secondary N) is 1. The van der Waals surface area contributed by atoms with Crippen LogP contribution in [0.25, 0.3) is 0 Å². The molecule has 0 aliphatic heterocycles. The molecule has 108 valence electrons. The summed E-state index contributed by atoms with van der Waals surface area (Å²) in [6, 6.07) is 6.74. The van der Waals surface area contributed by atoms with Crippen molar-refractivity contribution >= 4 is 31.9 Å². The Bertz CT molecular complexity index is 580. The van der Waals surface area contributed by atoms with Gasteiger partial charge in [0, 0.05) is 27.4 Å². The zero-order valence-corrected chi connectivity index (χ0v) is 14.9. The maximum Gasteiger partial charge on any atom is 0.138 e. The monoisotopic (exact) mass is 400 g/mol. The van der Waals surface area contributed by atoms with E-state index in [0.717, 1.165) is 21.2 Å². The molecule has 6 heteroatoms. The average Bonchev–Trinajstić information content (AvgIpc) is 2.85. The summed E-state index contributed by atoms with van der Waals surface area (Å²) < 4.78 is 4.12. The lowest BCUT2D eigenvalue weighted by Gasteiger charge is -2.19. The van der Waals surface area contributed by atoms with Crippen LogP contribution in [0, 0.1) is 0 Å². The smallest absolute Gasteiger partial charge is 0.138 e. The van der Waals surface area contributed by atoms with E-state index < -0.39 is 0 Å². The Morgan fingerprint density at radius 2 is 2.05 bits per heavy atom. The fourth-order valence-corrected chi connectivity index (χ4v) is 3.51. The summed E-state index contributed by atoms with van der Waals surface area (Å²) in [5, 5.41) is 7.65. The van der Waals surface area contributed by atoms with E-state index >= 15 is 0 Å². The largest absolute Gasteiger partial charge is 0.313 e. The van der Waals surface area contributed by atoms with E-state index in [1.165, 1.54) is 5.56 Å². The first-order valence-corrected chi connectivity index (χ1v) is 8.12. The molecular weight excluding hydrogens is 384 g/mol. The fourth-order valence-electron chi connectivity index (χ4n) is 2.19. The van der Waals surface area contributed by atoms with Gasteiger partial charge in [0.15, 0.2) is 0 Å². The molecule has 0 aliphatic carbocycles. The lowest BCUT2D eigenvalue weighted by Crippen LogP contribution is -2.22. The third-order valence-electron chi connectivity index (χ3n) is 3.21. The molecule has 0 amide bonds. The molecule has 2 aromatic rings. The molecule has 2 rings (SSSR count). The highest BCUT2D eigenvalue weighted by Gasteiger charge is 2.17. The van der Waals surface area contributed by atoms with Crippen LogP contribution >= 0.6 is 31.9 Å². The first kappa shape index (κ1) is 15.7. The highest BCUT2D eigenvalue weighted by molar-refractivity contribution is 9.11. The zero-order chi connectivity index (χ0) is 14.7. The fraction of sp³-hybridized carbons (Fsp3) is 0.429. The number of benzene rings is 1. The summed E-state index contributed by atoms with van der Waals surface area (Å²) in [5.41, 5.74) is 1.22. The molecule has 1 N–H and O–H groups in total. The van der Waals surface area contributed by atoms with Gasteiger partial charge >= 0.3 is 0 Å². The zero-order valence-electron chi connectivity index (χ0n) is 11.8. The number of halogens is 2. The lowest BCUT2D eigenvalue weighted by atomic mass is 10.0. The molecule has 0 aliphatic rings. The molecule has 0 saturated carbocycles. The van der Waals surface area contributed by atoms with Gasteiger partial charge in [0.2, 0.25) is 0 Å². The van der Waals surface area contributed by atoms with E-state index in [-0.39, 0.29) is 6.04 Å². The van der Waals surface area contributed by atoms with E-state index in [4.69, 9.17) is 0 Å². The number of hydrogen-bond donors (Lipinski definition) is 1. The topological polar surface area (TPSA) is 42.7 Å². The highest BCUT2D eigenvalue weighted by atomic mass is 79.9. The molecule has 0 bridgehead atoms. The Labute approximate surface area is 136 Å². The van der Waals surface area contributed by atoms with E-state index in [9.17, 15) is 0 Å². The van der Waals surface area contributed by atoms with Gasteiger partial charge in [-0.15, -0.1) is 0 Å². The van der Waals surface area contributed by atoms with Crippen molar-refractivity contribution < 1.29 is 0 Å². The Balaban J connectivity index is 2.27. The molecule has 1 unspecified atom stereocenters. The van der Waals surface area contributed by atoms with Crippen LogP contribution in [0.5, 0.6) is 0 Å². The Morgan fingerprint density at radius 3 is 2.65 bits per heavy atom. The second-order valence-corrected chi connectivity index (χ2v) is 6.70. The molecule has 1 aromatic heterocycles. The molecule has 0 fully saturated rings. The highest BCUT2D eigenvalue weighted by Crippen LogP contribution is 2.28. The summed E-state index contributed by atoms with van der Waals surface area (Å²) >= 11 is 7.11. The molecule has 0 spiro atoms. The van der Waals surface area contributed by atoms with E-state index in [1.54, 1.807) is 6.33 Å². The van der Waals surface area contributed by atoms with Crippen molar-refractivity contribution in [3.8, 4) is 0 Å². The summed E-state index contributed by atoms with van der Waals surface area (Å²) in [5.74, 6) is 0.995. The first-order valence-electron chi connectivity index (χ1n) is 6.53. The number of aromatic nitrogens is 3. The van der Waals surface area contributed by atoms with Gasteiger partial charge < -0.3 is 5.32 Å². The molecule has 0 saturated heterocycles. The summed E-state index contributed by atoms with van der Waals surface area (Å²) in [7, 11) is 1.97. The lowest BCUT2D eigenvalue weighted by molar-refractivity contribution is 0.477. The molecule has 0 radical (unpaired) electrons. The van der Waals surface area contributed by atoms with Crippen LogP contribution in [-0.4, -0.2) is 21.8 Å². The standard InChI is InChI=1S/C14H18Br2N4/c1-9(2)20-14(18-8-19-20)7-13(17-3)11-5-4-10(15)6-12(11)16/h4-6,8-9,13,17H,7H2,1-3H3. The van der Waals surface area contributed by atoms with Crippen molar-refractivity contribution in [2.24, 2.45) is 0 Å². The van der Waals surface area contributed by atoms with E-state index in [2.05, 4.69) is 79.3 Å². The SMILES string of the molecule is CNC(Cc1ncnn1C(C)C)c1ccc(Br)cc1Br. The average molecular weight is 402 g/mol. The molecule has 4 nitrogen and oxygen atoms in total. The number of nitrogens with zero attached hydrogens (tertiary/aromatic N) is 3. The number of likely N-dealkylation sites (N-methyl/N-ethyl adjacent to an activating group) is 1. The van der Waals surface area contributed by atoms with Crippen molar-refractivity contribution in [1.82, 2.24) is 20.1 Å². The Morgan fingerprint density at radius 1 is 1.30 bits per heavy atom. The van der Waals surface area contributed by atoms with Gasteiger partial charge in [0.25, 0.3) is 0 Å². The third kappa shape index (κ3) is 3.48. The quantitative estimate of drug-likeness (QED) is 0.826. The van der Waals surface area contributed by atoms with Gasteiger partial charge in [-0.1, -0.05) is 37.9 Å². The van der Waals surface area contributed by atoms with Gasteiger partial charge in [-0.25, -0.2) is 9.67 Å². The van der Waals surface area contributed by atoms with Crippen LogP contribution in [0.1, 0.15) is 37.3 Å². The van der Waals surface area contributed by atoms with Crippen LogP contribution < -0.4 is 5.32 Å². The maximum absolute atomic E-state index is 4.39. The molecular formula is C14H18Br2N4. The van der Waals surface area contributed by atoms with Crippen LogP contribution in [0.2, 0.25) is 0 Å². The first-order chi connectivity index (χ1) is 9.52. The third-order valence-corrected chi connectivity index (χ3v) is 4.39. The van der Waals surface area contributed by atoms with Crippen molar-refractivity contribution in [3.05, 3.63) is 44.9 Å². The predicted octanol–water partition coefficient (Wildman–Crippen LogP) is 3.89. The van der Waals surface area contributed by atoms with Crippen molar-refractivity contribution in [2.75, 3.05) is 7.05 Å². The number of rotatable bonds is 5. The minimum absolute atomic E-state index is 0.194. The second-order valence-electron chi connectivity index (χ2n) is 4.93. The second kappa shape index (κ2) is 6.83. The van der Waals surface area contributed by atoms with Gasteiger partial charge in [-0.05, 0) is 38.6 Å². The van der Waals surface area contributed by atoms with Gasteiger partial charge in [0.1, 0.15) is 12.2 Å². The van der Waals surface area contributed by atoms with Crippen molar-refractivity contribution in [2.45, 2.75) is 32.4 Å². The van der Waals surface area contributed by atoms with Crippen molar-refractivity contribution in [1.29, 1.82) is 0 Å². The maximum atomic E-state index is 4.39. The minimum Gasteiger partial charge on any atom is -0.313 e. The van der Waals surface area contributed by atoms with Gasteiger partial charge in [-0.3, -0.25) is 0 Å². The summed E-state index contributed by atoms with van der Waals surface area (Å²) in [4.78, 5) is 4.39. The van der Waals surface area contributed by atoms with Crippen LogP contribution in [-0.2, 0) is 6.42 Å². The van der Waals surface area contributed by atoms with E-state index in [0.29, 0.717) is 6.04 Å². The normalized spacial score (nSPS) is 12.9. The molecule has 20 heavy (non-hydrogen) atoms. The minimum atomic E-state index is 0.194. The van der Waals surface area contributed by atoms with E-state index in [1.807, 2.05) is 11.7 Å².